The lowest BCUT2D eigenvalue weighted by molar-refractivity contribution is -0.119. The fourth-order valence-corrected chi connectivity index (χ4v) is 3.48. The van der Waals surface area contributed by atoms with Gasteiger partial charge in [-0.1, -0.05) is 18.2 Å². The van der Waals surface area contributed by atoms with Gasteiger partial charge in [-0.15, -0.1) is 0 Å². The third-order valence-corrected chi connectivity index (χ3v) is 4.90. The molecule has 3 rings (SSSR count). The van der Waals surface area contributed by atoms with E-state index < -0.39 is 0 Å². The summed E-state index contributed by atoms with van der Waals surface area (Å²) in [5, 5.41) is 13.2. The zero-order valence-corrected chi connectivity index (χ0v) is 12.6. The van der Waals surface area contributed by atoms with Gasteiger partial charge in [0.15, 0.2) is 0 Å². The molecule has 0 bridgehead atoms. The summed E-state index contributed by atoms with van der Waals surface area (Å²) in [7, 11) is 1.85. The Morgan fingerprint density at radius 3 is 2.71 bits per heavy atom. The Morgan fingerprint density at radius 1 is 1.24 bits per heavy atom. The van der Waals surface area contributed by atoms with Gasteiger partial charge in [0.05, 0.1) is 6.10 Å². The number of hydrogen-bond acceptors (Lipinski definition) is 3. The van der Waals surface area contributed by atoms with E-state index in [-0.39, 0.29) is 18.1 Å². The van der Waals surface area contributed by atoms with Gasteiger partial charge in [0.2, 0.25) is 5.91 Å². The first kappa shape index (κ1) is 14.5. The van der Waals surface area contributed by atoms with Gasteiger partial charge in [-0.25, -0.2) is 0 Å². The molecule has 114 valence electrons. The number of carbonyl (C=O) groups excluding carboxylic acids is 1. The second-order valence-electron chi connectivity index (χ2n) is 6.35. The number of hydrogen-bond donors (Lipinski definition) is 2. The van der Waals surface area contributed by atoms with E-state index in [4.69, 9.17) is 0 Å². The third-order valence-electron chi connectivity index (χ3n) is 4.90. The Balaban J connectivity index is 1.66. The topological polar surface area (TPSA) is 52.6 Å². The fourth-order valence-electron chi connectivity index (χ4n) is 3.48. The van der Waals surface area contributed by atoms with Crippen LogP contribution in [0.5, 0.6) is 0 Å². The molecule has 0 spiro atoms. The second kappa shape index (κ2) is 6.16. The first-order valence-corrected chi connectivity index (χ1v) is 7.92. The predicted octanol–water partition coefficient (Wildman–Crippen LogP) is 2.23. The Kier molecular flexibility index (Phi) is 4.27. The lowest BCUT2D eigenvalue weighted by Crippen LogP contribution is -2.39. The molecule has 2 N–H and O–H groups in total. The number of para-hydroxylation sites is 1. The van der Waals surface area contributed by atoms with Crippen LogP contribution in [0.25, 0.3) is 0 Å². The van der Waals surface area contributed by atoms with E-state index in [2.05, 4.69) is 11.4 Å². The molecule has 1 atom stereocenters. The summed E-state index contributed by atoms with van der Waals surface area (Å²) in [6.07, 6.45) is 4.41. The van der Waals surface area contributed by atoms with Crippen molar-refractivity contribution in [1.82, 2.24) is 5.32 Å². The molecule has 1 saturated carbocycles. The van der Waals surface area contributed by atoms with Gasteiger partial charge in [0.1, 0.15) is 0 Å². The van der Waals surface area contributed by atoms with Gasteiger partial charge in [0, 0.05) is 25.2 Å². The maximum Gasteiger partial charge on any atom is 0.228 e. The van der Waals surface area contributed by atoms with Crippen LogP contribution in [0.2, 0.25) is 0 Å². The maximum atomic E-state index is 12.1. The number of rotatable bonds is 3. The SMILES string of the molecule is CN1C(=O)CC(NCC2CCC(O)CC2)c2ccccc21. The van der Waals surface area contributed by atoms with Crippen molar-refractivity contribution in [2.75, 3.05) is 18.5 Å². The van der Waals surface area contributed by atoms with Crippen LogP contribution in [0.1, 0.15) is 43.7 Å². The summed E-state index contributed by atoms with van der Waals surface area (Å²) >= 11 is 0. The highest BCUT2D eigenvalue weighted by molar-refractivity contribution is 5.96. The van der Waals surface area contributed by atoms with Crippen molar-refractivity contribution in [2.45, 2.75) is 44.2 Å². The van der Waals surface area contributed by atoms with Crippen LogP contribution >= 0.6 is 0 Å². The van der Waals surface area contributed by atoms with Crippen molar-refractivity contribution in [1.29, 1.82) is 0 Å². The smallest absolute Gasteiger partial charge is 0.228 e. The van der Waals surface area contributed by atoms with Gasteiger partial charge in [-0.2, -0.15) is 0 Å². The number of aliphatic hydroxyl groups is 1. The van der Waals surface area contributed by atoms with Crippen molar-refractivity contribution in [3.05, 3.63) is 29.8 Å². The molecular formula is C17H24N2O2. The standard InChI is InChI=1S/C17H24N2O2/c1-19-16-5-3-2-4-14(16)15(10-17(19)21)18-11-12-6-8-13(20)9-7-12/h2-5,12-13,15,18,20H,6-11H2,1H3. The maximum absolute atomic E-state index is 12.1. The molecule has 1 heterocycles. The quantitative estimate of drug-likeness (QED) is 0.897. The molecule has 1 aromatic carbocycles. The summed E-state index contributed by atoms with van der Waals surface area (Å²) < 4.78 is 0. The van der Waals surface area contributed by atoms with Crippen molar-refractivity contribution >= 4 is 11.6 Å². The first-order chi connectivity index (χ1) is 10.1. The fraction of sp³-hybridized carbons (Fsp3) is 0.588. The molecule has 1 aliphatic carbocycles. The Morgan fingerprint density at radius 2 is 1.95 bits per heavy atom. The minimum Gasteiger partial charge on any atom is -0.393 e. The molecule has 21 heavy (non-hydrogen) atoms. The normalized spacial score (nSPS) is 29.3. The molecule has 1 unspecified atom stereocenters. The predicted molar refractivity (Wildman–Crippen MR) is 83.2 cm³/mol. The summed E-state index contributed by atoms with van der Waals surface area (Å²) in [5.74, 6) is 0.792. The van der Waals surface area contributed by atoms with E-state index in [1.807, 2.05) is 25.2 Å². The molecule has 0 aromatic heterocycles. The number of carbonyl (C=O) groups is 1. The lowest BCUT2D eigenvalue weighted by Gasteiger charge is -2.34. The highest BCUT2D eigenvalue weighted by Gasteiger charge is 2.29. The molecule has 1 fully saturated rings. The van der Waals surface area contributed by atoms with E-state index >= 15 is 0 Å². The van der Waals surface area contributed by atoms with Crippen molar-refractivity contribution < 1.29 is 9.90 Å². The minimum atomic E-state index is -0.105. The van der Waals surface area contributed by atoms with Crippen LogP contribution in [0.15, 0.2) is 24.3 Å². The first-order valence-electron chi connectivity index (χ1n) is 7.92. The average molecular weight is 288 g/mol. The summed E-state index contributed by atoms with van der Waals surface area (Å²) in [6, 6.07) is 8.26. The summed E-state index contributed by atoms with van der Waals surface area (Å²) in [6.45, 7) is 0.933. The summed E-state index contributed by atoms with van der Waals surface area (Å²) in [5.41, 5.74) is 2.24. The van der Waals surface area contributed by atoms with Crippen LogP contribution in [0.3, 0.4) is 0 Å². The number of nitrogens with one attached hydrogen (secondary N) is 1. The number of aliphatic hydroxyl groups excluding tert-OH is 1. The molecule has 2 aliphatic rings. The van der Waals surface area contributed by atoms with Crippen molar-refractivity contribution in [2.24, 2.45) is 5.92 Å². The summed E-state index contributed by atoms with van der Waals surface area (Å²) in [4.78, 5) is 13.9. The van der Waals surface area contributed by atoms with Crippen molar-refractivity contribution in [3.8, 4) is 0 Å². The van der Waals surface area contributed by atoms with Gasteiger partial charge in [-0.3, -0.25) is 4.79 Å². The van der Waals surface area contributed by atoms with Crippen LogP contribution in [-0.4, -0.2) is 30.7 Å². The average Bonchev–Trinajstić information content (AvgIpc) is 2.51. The molecule has 1 aromatic rings. The Hall–Kier alpha value is -1.39. The van der Waals surface area contributed by atoms with E-state index in [0.717, 1.165) is 37.9 Å². The van der Waals surface area contributed by atoms with E-state index in [9.17, 15) is 9.90 Å². The molecule has 4 nitrogen and oxygen atoms in total. The third kappa shape index (κ3) is 3.11. The number of nitrogens with zero attached hydrogens (tertiary/aromatic N) is 1. The zero-order chi connectivity index (χ0) is 14.8. The molecule has 1 aliphatic heterocycles. The van der Waals surface area contributed by atoms with E-state index in [1.54, 1.807) is 4.90 Å². The Bertz CT molecular complexity index is 509. The van der Waals surface area contributed by atoms with Gasteiger partial charge < -0.3 is 15.3 Å². The van der Waals surface area contributed by atoms with Gasteiger partial charge in [-0.05, 0) is 49.8 Å². The number of fused-ring (bicyclic) bond motifs is 1. The second-order valence-corrected chi connectivity index (χ2v) is 6.35. The molecule has 4 heteroatoms. The lowest BCUT2D eigenvalue weighted by atomic mass is 9.87. The molecule has 0 radical (unpaired) electrons. The van der Waals surface area contributed by atoms with E-state index in [0.29, 0.717) is 12.3 Å². The van der Waals surface area contributed by atoms with Crippen molar-refractivity contribution in [3.63, 3.8) is 0 Å². The van der Waals surface area contributed by atoms with Crippen LogP contribution < -0.4 is 10.2 Å². The minimum absolute atomic E-state index is 0.105. The van der Waals surface area contributed by atoms with Gasteiger partial charge in [0.25, 0.3) is 0 Å². The van der Waals surface area contributed by atoms with Crippen LogP contribution in [0, 0.1) is 5.92 Å². The molecule has 0 saturated heterocycles. The number of benzene rings is 1. The highest BCUT2D eigenvalue weighted by Crippen LogP contribution is 2.34. The Labute approximate surface area is 126 Å². The van der Waals surface area contributed by atoms with Crippen LogP contribution in [0.4, 0.5) is 5.69 Å². The highest BCUT2D eigenvalue weighted by atomic mass is 16.3. The zero-order valence-electron chi connectivity index (χ0n) is 12.6. The molecular weight excluding hydrogens is 264 g/mol. The largest absolute Gasteiger partial charge is 0.393 e. The number of amides is 1. The van der Waals surface area contributed by atoms with E-state index in [1.165, 1.54) is 5.56 Å². The van der Waals surface area contributed by atoms with Crippen LogP contribution in [-0.2, 0) is 4.79 Å². The molecule has 1 amide bonds. The van der Waals surface area contributed by atoms with Gasteiger partial charge >= 0.3 is 0 Å². The number of anilines is 1. The monoisotopic (exact) mass is 288 g/mol.